The summed E-state index contributed by atoms with van der Waals surface area (Å²) < 4.78 is 5.58. The first-order valence-corrected chi connectivity index (χ1v) is 9.06. The predicted molar refractivity (Wildman–Crippen MR) is 93.3 cm³/mol. The van der Waals surface area contributed by atoms with Crippen molar-refractivity contribution in [2.75, 3.05) is 0 Å². The Morgan fingerprint density at radius 3 is 2.38 bits per heavy atom. The van der Waals surface area contributed by atoms with Gasteiger partial charge in [0.2, 0.25) is 0 Å². The molecule has 2 rings (SSSR count). The standard InChI is InChI=1S/C20H28O4/c1-3-4-7-15-10-12-16(13-11-15)14(2)24-20(23)18-9-6-5-8-17(18)19(21)22/h5-6,8-9,14-16H,3-4,7,10-13H2,1-2H3,(H,21,22)/t14-,15?,16?/m0/s1. The molecule has 132 valence electrons. The van der Waals surface area contributed by atoms with Gasteiger partial charge in [0.1, 0.15) is 6.10 Å². The molecule has 0 spiro atoms. The van der Waals surface area contributed by atoms with E-state index in [1.165, 1.54) is 44.2 Å². The molecular weight excluding hydrogens is 304 g/mol. The van der Waals surface area contributed by atoms with E-state index in [0.717, 1.165) is 18.8 Å². The largest absolute Gasteiger partial charge is 0.478 e. The Balaban J connectivity index is 1.90. The lowest BCUT2D eigenvalue weighted by atomic mass is 9.78. The Morgan fingerprint density at radius 1 is 1.17 bits per heavy atom. The third-order valence-corrected chi connectivity index (χ3v) is 5.19. The SMILES string of the molecule is CCCCC1CCC([C@H](C)OC(=O)c2ccccc2C(=O)O)CC1. The van der Waals surface area contributed by atoms with Crippen LogP contribution in [0.1, 0.15) is 79.5 Å². The van der Waals surface area contributed by atoms with E-state index in [1.807, 2.05) is 6.92 Å². The van der Waals surface area contributed by atoms with Gasteiger partial charge in [0.25, 0.3) is 0 Å². The van der Waals surface area contributed by atoms with Gasteiger partial charge in [-0.15, -0.1) is 0 Å². The van der Waals surface area contributed by atoms with Crippen LogP contribution >= 0.6 is 0 Å². The molecule has 4 nitrogen and oxygen atoms in total. The van der Waals surface area contributed by atoms with E-state index in [1.54, 1.807) is 12.1 Å². The summed E-state index contributed by atoms with van der Waals surface area (Å²) in [4.78, 5) is 23.6. The van der Waals surface area contributed by atoms with Crippen molar-refractivity contribution in [2.24, 2.45) is 11.8 Å². The zero-order chi connectivity index (χ0) is 17.5. The van der Waals surface area contributed by atoms with Gasteiger partial charge in [-0.1, -0.05) is 51.2 Å². The molecule has 1 aromatic rings. The van der Waals surface area contributed by atoms with Crippen molar-refractivity contribution in [3.8, 4) is 0 Å². The summed E-state index contributed by atoms with van der Waals surface area (Å²) in [5, 5.41) is 9.19. The maximum absolute atomic E-state index is 12.3. The average molecular weight is 332 g/mol. The zero-order valence-corrected chi connectivity index (χ0v) is 14.7. The van der Waals surface area contributed by atoms with E-state index >= 15 is 0 Å². The minimum Gasteiger partial charge on any atom is -0.478 e. The molecular formula is C20H28O4. The quantitative estimate of drug-likeness (QED) is 0.719. The van der Waals surface area contributed by atoms with E-state index in [2.05, 4.69) is 6.92 Å². The number of carbonyl (C=O) groups is 2. The number of hydrogen-bond donors (Lipinski definition) is 1. The van der Waals surface area contributed by atoms with Gasteiger partial charge in [0.15, 0.2) is 0 Å². The van der Waals surface area contributed by atoms with Crippen LogP contribution < -0.4 is 0 Å². The summed E-state index contributed by atoms with van der Waals surface area (Å²) in [6.45, 7) is 4.15. The highest BCUT2D eigenvalue weighted by Crippen LogP contribution is 2.34. The first-order chi connectivity index (χ1) is 11.5. The monoisotopic (exact) mass is 332 g/mol. The Bertz CT molecular complexity index is 559. The summed E-state index contributed by atoms with van der Waals surface area (Å²) in [5.41, 5.74) is 0.131. The maximum Gasteiger partial charge on any atom is 0.339 e. The van der Waals surface area contributed by atoms with E-state index < -0.39 is 11.9 Å². The van der Waals surface area contributed by atoms with E-state index in [0.29, 0.717) is 5.92 Å². The van der Waals surface area contributed by atoms with Crippen molar-refractivity contribution >= 4 is 11.9 Å². The maximum atomic E-state index is 12.3. The van der Waals surface area contributed by atoms with Crippen LogP contribution in [-0.4, -0.2) is 23.1 Å². The highest BCUT2D eigenvalue weighted by atomic mass is 16.5. The van der Waals surface area contributed by atoms with Crippen molar-refractivity contribution in [1.82, 2.24) is 0 Å². The van der Waals surface area contributed by atoms with Crippen molar-refractivity contribution < 1.29 is 19.4 Å². The fourth-order valence-corrected chi connectivity index (χ4v) is 3.62. The minimum atomic E-state index is -1.10. The normalized spacial score (nSPS) is 21.9. The molecule has 0 bridgehead atoms. The van der Waals surface area contributed by atoms with Crippen LogP contribution in [0.4, 0.5) is 0 Å². The molecule has 0 radical (unpaired) electrons. The zero-order valence-electron chi connectivity index (χ0n) is 14.7. The van der Waals surface area contributed by atoms with Crippen LogP contribution in [0.15, 0.2) is 24.3 Å². The predicted octanol–water partition coefficient (Wildman–Crippen LogP) is 4.93. The second-order valence-corrected chi connectivity index (χ2v) is 6.88. The van der Waals surface area contributed by atoms with Gasteiger partial charge in [0, 0.05) is 0 Å². The smallest absolute Gasteiger partial charge is 0.339 e. The van der Waals surface area contributed by atoms with Crippen molar-refractivity contribution in [2.45, 2.75) is 64.9 Å². The Hall–Kier alpha value is -1.84. The van der Waals surface area contributed by atoms with Crippen LogP contribution in [0.3, 0.4) is 0 Å². The summed E-state index contributed by atoms with van der Waals surface area (Å²) in [7, 11) is 0. The Morgan fingerprint density at radius 2 is 1.79 bits per heavy atom. The second-order valence-electron chi connectivity index (χ2n) is 6.88. The number of ether oxygens (including phenoxy) is 1. The third-order valence-electron chi connectivity index (χ3n) is 5.19. The lowest BCUT2D eigenvalue weighted by molar-refractivity contribution is 0.0108. The third kappa shape index (κ3) is 4.83. The van der Waals surface area contributed by atoms with Gasteiger partial charge in [-0.3, -0.25) is 0 Å². The molecule has 0 heterocycles. The minimum absolute atomic E-state index is 0.00188. The molecule has 0 amide bonds. The van der Waals surface area contributed by atoms with Crippen LogP contribution in [-0.2, 0) is 4.74 Å². The van der Waals surface area contributed by atoms with Gasteiger partial charge >= 0.3 is 11.9 Å². The van der Waals surface area contributed by atoms with Crippen molar-refractivity contribution in [1.29, 1.82) is 0 Å². The average Bonchev–Trinajstić information content (AvgIpc) is 2.60. The summed E-state index contributed by atoms with van der Waals surface area (Å²) in [5.74, 6) is -0.444. The van der Waals surface area contributed by atoms with Crippen LogP contribution in [0.25, 0.3) is 0 Å². The number of carbonyl (C=O) groups excluding carboxylic acids is 1. The van der Waals surface area contributed by atoms with Crippen LogP contribution in [0.2, 0.25) is 0 Å². The first-order valence-electron chi connectivity index (χ1n) is 9.06. The van der Waals surface area contributed by atoms with Gasteiger partial charge in [-0.2, -0.15) is 0 Å². The Kier molecular flexibility index (Phi) is 6.83. The molecule has 1 aromatic carbocycles. The number of esters is 1. The Labute approximate surface area is 144 Å². The number of unbranched alkanes of at least 4 members (excludes halogenated alkanes) is 1. The number of carboxylic acids is 1. The summed E-state index contributed by atoms with van der Waals surface area (Å²) >= 11 is 0. The molecule has 1 N–H and O–H groups in total. The molecule has 1 aliphatic rings. The highest BCUT2D eigenvalue weighted by Gasteiger charge is 2.28. The lowest BCUT2D eigenvalue weighted by Gasteiger charge is -2.32. The van der Waals surface area contributed by atoms with E-state index in [9.17, 15) is 14.7 Å². The topological polar surface area (TPSA) is 63.6 Å². The van der Waals surface area contributed by atoms with Gasteiger partial charge < -0.3 is 9.84 Å². The second kappa shape index (κ2) is 8.86. The molecule has 24 heavy (non-hydrogen) atoms. The fourth-order valence-electron chi connectivity index (χ4n) is 3.62. The van der Waals surface area contributed by atoms with Crippen molar-refractivity contribution in [3.63, 3.8) is 0 Å². The molecule has 1 atom stereocenters. The first kappa shape index (κ1) is 18.5. The molecule has 0 unspecified atom stereocenters. The molecule has 1 aliphatic carbocycles. The highest BCUT2D eigenvalue weighted by molar-refractivity contribution is 6.02. The van der Waals surface area contributed by atoms with Gasteiger partial charge in [-0.05, 0) is 43.7 Å². The molecule has 0 aromatic heterocycles. The molecule has 4 heteroatoms. The lowest BCUT2D eigenvalue weighted by Crippen LogP contribution is -2.28. The number of benzene rings is 1. The fraction of sp³-hybridized carbons (Fsp3) is 0.600. The summed E-state index contributed by atoms with van der Waals surface area (Å²) in [6, 6.07) is 6.22. The number of carboxylic acid groups (broad SMARTS) is 1. The number of hydrogen-bond acceptors (Lipinski definition) is 3. The number of aromatic carboxylic acids is 1. The van der Waals surface area contributed by atoms with E-state index in [4.69, 9.17) is 4.74 Å². The van der Waals surface area contributed by atoms with Crippen LogP contribution in [0.5, 0.6) is 0 Å². The molecule has 0 saturated heterocycles. The van der Waals surface area contributed by atoms with Gasteiger partial charge in [0.05, 0.1) is 11.1 Å². The van der Waals surface area contributed by atoms with Crippen LogP contribution in [0, 0.1) is 11.8 Å². The molecule has 1 fully saturated rings. The van der Waals surface area contributed by atoms with Gasteiger partial charge in [-0.25, -0.2) is 9.59 Å². The molecule has 1 saturated carbocycles. The van der Waals surface area contributed by atoms with Crippen molar-refractivity contribution in [3.05, 3.63) is 35.4 Å². The summed E-state index contributed by atoms with van der Waals surface area (Å²) in [6.07, 6.45) is 8.27. The molecule has 0 aliphatic heterocycles. The number of rotatable bonds is 7. The van der Waals surface area contributed by atoms with E-state index in [-0.39, 0.29) is 17.2 Å².